The fourth-order valence-corrected chi connectivity index (χ4v) is 8.71. The van der Waals surface area contributed by atoms with Gasteiger partial charge in [-0.2, -0.15) is 0 Å². The number of fused-ring (bicyclic) bond motifs is 6. The van der Waals surface area contributed by atoms with Crippen molar-refractivity contribution in [3.05, 3.63) is 209 Å². The summed E-state index contributed by atoms with van der Waals surface area (Å²) in [6, 6.07) is 62.3. The highest BCUT2D eigenvalue weighted by atomic mass is 15.1. The zero-order valence-electron chi connectivity index (χ0n) is 30.4. The van der Waals surface area contributed by atoms with Crippen LogP contribution in [0.4, 0.5) is 17.1 Å². The summed E-state index contributed by atoms with van der Waals surface area (Å²) < 4.78 is 0. The molecule has 7 aromatic carbocycles. The van der Waals surface area contributed by atoms with Gasteiger partial charge in [-0.05, 0) is 122 Å². The molecule has 52 heavy (non-hydrogen) atoms. The molecule has 0 N–H and O–H groups in total. The van der Waals surface area contributed by atoms with Crippen molar-refractivity contribution < 1.29 is 0 Å². The topological polar surface area (TPSA) is 3.24 Å². The first-order valence-electron chi connectivity index (χ1n) is 18.5. The molecule has 2 aliphatic rings. The van der Waals surface area contributed by atoms with Crippen molar-refractivity contribution in [1.29, 1.82) is 0 Å². The lowest BCUT2D eigenvalue weighted by Crippen LogP contribution is -2.17. The number of hydrogen-bond donors (Lipinski definition) is 0. The van der Waals surface area contributed by atoms with Gasteiger partial charge >= 0.3 is 0 Å². The van der Waals surface area contributed by atoms with Gasteiger partial charge < -0.3 is 4.90 Å². The molecule has 0 amide bonds. The Morgan fingerprint density at radius 2 is 0.904 bits per heavy atom. The number of para-hydroxylation sites is 2. The van der Waals surface area contributed by atoms with Gasteiger partial charge in [0.1, 0.15) is 0 Å². The Balaban J connectivity index is 1.10. The Labute approximate surface area is 308 Å². The number of allylic oxidation sites excluding steroid dienone is 1. The maximum atomic E-state index is 2.52. The quantitative estimate of drug-likeness (QED) is 0.153. The maximum Gasteiger partial charge on any atom is 0.0465 e. The Morgan fingerprint density at radius 1 is 0.442 bits per heavy atom. The van der Waals surface area contributed by atoms with Crippen molar-refractivity contribution in [2.75, 3.05) is 4.90 Å². The fraction of sp³-hybridized carbons (Fsp3) is 0.137. The third-order valence-electron chi connectivity index (χ3n) is 11.5. The number of nitrogens with zero attached hydrogens (tertiary/aromatic N) is 1. The summed E-state index contributed by atoms with van der Waals surface area (Å²) >= 11 is 0. The third kappa shape index (κ3) is 5.31. The summed E-state index contributed by atoms with van der Waals surface area (Å²) in [7, 11) is 0. The number of benzene rings is 7. The summed E-state index contributed by atoms with van der Waals surface area (Å²) in [6.07, 6.45) is 3.22. The van der Waals surface area contributed by atoms with Crippen molar-refractivity contribution in [3.8, 4) is 22.3 Å². The summed E-state index contributed by atoms with van der Waals surface area (Å²) in [5.41, 5.74) is 19.5. The smallest absolute Gasteiger partial charge is 0.0465 e. The van der Waals surface area contributed by atoms with E-state index in [0.29, 0.717) is 0 Å². The Bertz CT molecular complexity index is 2410. The molecule has 0 heterocycles. The standard InChI is InChI=1S/C51H43N/c1-50(2)46-31-36(30-38(37-19-11-6-12-20-37)29-35-17-9-5-10-18-35)25-27-42(46)44-33-49-45(34-48(44)50)43-28-26-41(32-47(43)51(49,3)4)52(39-21-13-7-14-22-39)40-23-15-8-16-24-40/h5-29,31-34H,30H2,1-4H3. The van der Waals surface area contributed by atoms with Crippen LogP contribution in [-0.2, 0) is 17.3 Å². The zero-order valence-corrected chi connectivity index (χ0v) is 30.4. The van der Waals surface area contributed by atoms with Crippen LogP contribution in [0.5, 0.6) is 0 Å². The molecule has 0 fully saturated rings. The number of anilines is 3. The van der Waals surface area contributed by atoms with Gasteiger partial charge in [-0.25, -0.2) is 0 Å². The van der Waals surface area contributed by atoms with E-state index >= 15 is 0 Å². The van der Waals surface area contributed by atoms with E-state index < -0.39 is 0 Å². The second kappa shape index (κ2) is 12.4. The molecular formula is C51H43N. The minimum Gasteiger partial charge on any atom is -0.310 e. The van der Waals surface area contributed by atoms with E-state index in [-0.39, 0.29) is 10.8 Å². The number of hydrogen-bond acceptors (Lipinski definition) is 1. The van der Waals surface area contributed by atoms with E-state index in [1.165, 1.54) is 72.5 Å². The van der Waals surface area contributed by atoms with Crippen molar-refractivity contribution in [1.82, 2.24) is 0 Å². The molecule has 0 spiro atoms. The minimum atomic E-state index is -0.144. The second-order valence-corrected chi connectivity index (χ2v) is 15.4. The molecule has 0 radical (unpaired) electrons. The van der Waals surface area contributed by atoms with Gasteiger partial charge in [0.05, 0.1) is 0 Å². The molecule has 9 rings (SSSR count). The molecule has 0 bridgehead atoms. The van der Waals surface area contributed by atoms with Crippen LogP contribution in [0.25, 0.3) is 33.9 Å². The lowest BCUT2D eigenvalue weighted by Gasteiger charge is -2.28. The average Bonchev–Trinajstić information content (AvgIpc) is 3.54. The zero-order chi connectivity index (χ0) is 35.5. The largest absolute Gasteiger partial charge is 0.310 e. The molecule has 1 heteroatoms. The SMILES string of the molecule is CC1(C)c2cc(CC(=Cc3ccccc3)c3ccccc3)ccc2-c2cc3c(cc21)-c1ccc(N(c2ccccc2)c2ccccc2)cc1C3(C)C. The molecule has 1 nitrogen and oxygen atoms in total. The molecular weight excluding hydrogens is 627 g/mol. The first kappa shape index (κ1) is 32.0. The van der Waals surface area contributed by atoms with Crippen molar-refractivity contribution in [2.24, 2.45) is 0 Å². The predicted octanol–water partition coefficient (Wildman–Crippen LogP) is 13.6. The molecule has 0 saturated heterocycles. The molecule has 0 aromatic heterocycles. The molecule has 252 valence electrons. The Kier molecular flexibility index (Phi) is 7.63. The van der Waals surface area contributed by atoms with E-state index in [1.54, 1.807) is 0 Å². The van der Waals surface area contributed by atoms with Crippen molar-refractivity contribution in [3.63, 3.8) is 0 Å². The van der Waals surface area contributed by atoms with Crippen LogP contribution in [0, 0.1) is 0 Å². The predicted molar refractivity (Wildman–Crippen MR) is 221 cm³/mol. The monoisotopic (exact) mass is 669 g/mol. The molecule has 0 atom stereocenters. The van der Waals surface area contributed by atoms with Crippen LogP contribution < -0.4 is 4.90 Å². The van der Waals surface area contributed by atoms with Gasteiger partial charge in [-0.15, -0.1) is 0 Å². The highest BCUT2D eigenvalue weighted by Crippen LogP contribution is 2.57. The highest BCUT2D eigenvalue weighted by Gasteiger charge is 2.42. The van der Waals surface area contributed by atoms with Crippen molar-refractivity contribution >= 4 is 28.7 Å². The summed E-state index contributed by atoms with van der Waals surface area (Å²) in [4.78, 5) is 2.37. The van der Waals surface area contributed by atoms with Gasteiger partial charge in [0, 0.05) is 27.9 Å². The van der Waals surface area contributed by atoms with Gasteiger partial charge in [-0.3, -0.25) is 0 Å². The number of rotatable bonds is 7. The Morgan fingerprint density at radius 3 is 1.46 bits per heavy atom. The van der Waals surface area contributed by atoms with Crippen LogP contribution in [0.3, 0.4) is 0 Å². The van der Waals surface area contributed by atoms with Crippen LogP contribution in [0.15, 0.2) is 170 Å². The molecule has 2 aliphatic carbocycles. The van der Waals surface area contributed by atoms with E-state index in [9.17, 15) is 0 Å². The molecule has 7 aromatic rings. The van der Waals surface area contributed by atoms with E-state index in [4.69, 9.17) is 0 Å². The summed E-state index contributed by atoms with van der Waals surface area (Å²) in [5, 5.41) is 0. The van der Waals surface area contributed by atoms with E-state index in [0.717, 1.165) is 17.8 Å². The van der Waals surface area contributed by atoms with Crippen LogP contribution in [0.2, 0.25) is 0 Å². The summed E-state index contributed by atoms with van der Waals surface area (Å²) in [6.45, 7) is 9.62. The normalized spacial score (nSPS) is 14.7. The maximum absolute atomic E-state index is 2.52. The van der Waals surface area contributed by atoms with E-state index in [1.807, 2.05) is 0 Å². The second-order valence-electron chi connectivity index (χ2n) is 15.4. The van der Waals surface area contributed by atoms with Crippen LogP contribution >= 0.6 is 0 Å². The van der Waals surface area contributed by atoms with Gasteiger partial charge in [-0.1, -0.05) is 155 Å². The lowest BCUT2D eigenvalue weighted by atomic mass is 9.79. The van der Waals surface area contributed by atoms with Gasteiger partial charge in [0.25, 0.3) is 0 Å². The van der Waals surface area contributed by atoms with Crippen molar-refractivity contribution in [2.45, 2.75) is 44.9 Å². The molecule has 0 aliphatic heterocycles. The van der Waals surface area contributed by atoms with Crippen LogP contribution in [0.1, 0.15) is 66.6 Å². The first-order chi connectivity index (χ1) is 25.3. The molecule has 0 saturated carbocycles. The fourth-order valence-electron chi connectivity index (χ4n) is 8.71. The summed E-state index contributed by atoms with van der Waals surface area (Å²) in [5.74, 6) is 0. The lowest BCUT2D eigenvalue weighted by molar-refractivity contribution is 0.651. The Hall–Kier alpha value is -5.92. The highest BCUT2D eigenvalue weighted by molar-refractivity contribution is 5.91. The van der Waals surface area contributed by atoms with E-state index in [2.05, 4.69) is 209 Å². The minimum absolute atomic E-state index is 0.115. The van der Waals surface area contributed by atoms with Crippen LogP contribution in [-0.4, -0.2) is 0 Å². The van der Waals surface area contributed by atoms with Gasteiger partial charge in [0.2, 0.25) is 0 Å². The van der Waals surface area contributed by atoms with Gasteiger partial charge in [0.15, 0.2) is 0 Å². The first-order valence-corrected chi connectivity index (χ1v) is 18.5. The molecule has 0 unspecified atom stereocenters. The average molecular weight is 670 g/mol. The third-order valence-corrected chi connectivity index (χ3v) is 11.5.